The van der Waals surface area contributed by atoms with E-state index in [1.807, 2.05) is 0 Å². The van der Waals surface area contributed by atoms with Gasteiger partial charge in [0.1, 0.15) is 11.5 Å². The van der Waals surface area contributed by atoms with Gasteiger partial charge in [0.2, 0.25) is 0 Å². The van der Waals surface area contributed by atoms with Gasteiger partial charge in [-0.3, -0.25) is 4.79 Å². The van der Waals surface area contributed by atoms with E-state index in [-0.39, 0.29) is 16.4 Å². The van der Waals surface area contributed by atoms with Gasteiger partial charge in [0.25, 0.3) is 12.0 Å². The second kappa shape index (κ2) is 7.80. The van der Waals surface area contributed by atoms with Gasteiger partial charge in [-0.25, -0.2) is 9.69 Å². The van der Waals surface area contributed by atoms with Crippen LogP contribution in [-0.2, 0) is 15.8 Å². The molecule has 1 N–H and O–H groups in total. The van der Waals surface area contributed by atoms with Crippen LogP contribution in [0.3, 0.4) is 0 Å². The number of nitrogens with zero attached hydrogens (tertiary/aromatic N) is 1. The maximum atomic E-state index is 13.3. The van der Waals surface area contributed by atoms with Crippen molar-refractivity contribution >= 4 is 40.8 Å². The molecule has 0 spiro atoms. The van der Waals surface area contributed by atoms with E-state index in [0.29, 0.717) is 12.1 Å². The van der Waals surface area contributed by atoms with Crippen molar-refractivity contribution < 1.29 is 46.1 Å². The third-order valence-electron chi connectivity index (χ3n) is 3.86. The molecule has 0 radical (unpaired) electrons. The molecule has 160 valence electrons. The second-order valence-corrected chi connectivity index (χ2v) is 6.63. The second-order valence-electron chi connectivity index (χ2n) is 5.82. The zero-order valence-corrected chi connectivity index (χ0v) is 15.7. The van der Waals surface area contributed by atoms with Gasteiger partial charge in [-0.15, -0.1) is 0 Å². The summed E-state index contributed by atoms with van der Waals surface area (Å²) >= 11 is 11.6. The van der Waals surface area contributed by atoms with Gasteiger partial charge in [-0.2, -0.15) is 22.0 Å². The lowest BCUT2D eigenvalue weighted by molar-refractivity contribution is -0.151. The Hall–Kier alpha value is -2.79. The van der Waals surface area contributed by atoms with Crippen molar-refractivity contribution in [3.8, 4) is 17.2 Å². The van der Waals surface area contributed by atoms with E-state index in [1.54, 1.807) is 0 Å². The maximum Gasteiger partial charge on any atom is 0.416 e. The fraction of sp³-hybridized carbons (Fsp3) is 0.176. The van der Waals surface area contributed by atoms with Crippen molar-refractivity contribution in [3.63, 3.8) is 0 Å². The van der Waals surface area contributed by atoms with Crippen molar-refractivity contribution in [2.45, 2.75) is 18.8 Å². The first-order valence-corrected chi connectivity index (χ1v) is 8.54. The van der Waals surface area contributed by atoms with Crippen LogP contribution in [0.2, 0.25) is 10.0 Å². The number of carbonyl (C=O) groups is 2. The first-order chi connectivity index (χ1) is 13.9. The summed E-state index contributed by atoms with van der Waals surface area (Å²) in [6, 6.07) is 4.21. The summed E-state index contributed by atoms with van der Waals surface area (Å²) in [5.74, 6) is -4.24. The molecule has 2 aromatic rings. The largest absolute Gasteiger partial charge is 0.478 e. The number of halogens is 7. The third kappa shape index (κ3) is 4.08. The molecule has 0 aliphatic carbocycles. The number of amides is 1. The summed E-state index contributed by atoms with van der Waals surface area (Å²) in [7, 11) is 0. The number of aliphatic carboxylic acids is 1. The van der Waals surface area contributed by atoms with Crippen LogP contribution >= 0.6 is 23.2 Å². The number of carboxylic acids is 1. The number of hydrogen-bond donors (Lipinski definition) is 1. The van der Waals surface area contributed by atoms with Crippen molar-refractivity contribution in [1.29, 1.82) is 0 Å². The highest BCUT2D eigenvalue weighted by molar-refractivity contribution is 6.37. The number of alkyl halides is 5. The summed E-state index contributed by atoms with van der Waals surface area (Å²) in [5.41, 5.74) is -1.54. The van der Waals surface area contributed by atoms with Crippen LogP contribution < -0.4 is 14.4 Å². The monoisotopic (exact) mass is 471 g/mol. The molecule has 1 atom stereocenters. The lowest BCUT2D eigenvalue weighted by Gasteiger charge is -2.32. The van der Waals surface area contributed by atoms with Gasteiger partial charge in [0.05, 0.1) is 21.3 Å². The SMILES string of the molecule is O=C(O)C1Oc2cc(Oc3c(Cl)cc(C(F)(F)F)cc3Cl)ccc2N(C(F)F)C1=O. The number of carbonyl (C=O) groups excluding carboxylic acids is 1. The molecule has 0 bridgehead atoms. The Labute approximate surface area is 174 Å². The molecule has 1 heterocycles. The first-order valence-electron chi connectivity index (χ1n) is 7.79. The van der Waals surface area contributed by atoms with Gasteiger partial charge < -0.3 is 14.6 Å². The Morgan fingerprint density at radius 2 is 1.77 bits per heavy atom. The number of ether oxygens (including phenoxy) is 2. The molecular formula is C17H8Cl2F5NO5. The van der Waals surface area contributed by atoms with Crippen molar-refractivity contribution in [2.75, 3.05) is 4.90 Å². The van der Waals surface area contributed by atoms with Crippen LogP contribution in [0.5, 0.6) is 17.2 Å². The summed E-state index contributed by atoms with van der Waals surface area (Å²) in [4.78, 5) is 23.0. The standard InChI is InChI=1S/C17H8Cl2F5NO5/c18-8-3-6(17(22,23)24)4-9(19)12(8)29-7-1-2-10-11(5-7)30-13(15(27)28)14(26)25(10)16(20)21/h1-5,13,16H,(H,27,28). The molecule has 1 unspecified atom stereocenters. The zero-order valence-electron chi connectivity index (χ0n) is 14.2. The fourth-order valence-electron chi connectivity index (χ4n) is 2.57. The van der Waals surface area contributed by atoms with Gasteiger partial charge in [0, 0.05) is 6.07 Å². The number of fused-ring (bicyclic) bond motifs is 1. The highest BCUT2D eigenvalue weighted by atomic mass is 35.5. The van der Waals surface area contributed by atoms with Gasteiger partial charge in [0.15, 0.2) is 5.75 Å². The van der Waals surface area contributed by atoms with Crippen LogP contribution in [0.1, 0.15) is 5.56 Å². The van der Waals surface area contributed by atoms with Crippen molar-refractivity contribution in [2.24, 2.45) is 0 Å². The molecular weight excluding hydrogens is 464 g/mol. The Kier molecular flexibility index (Phi) is 5.70. The molecule has 1 amide bonds. The van der Waals surface area contributed by atoms with E-state index >= 15 is 0 Å². The minimum absolute atomic E-state index is 0.0561. The molecule has 3 rings (SSSR count). The molecule has 0 fully saturated rings. The molecule has 13 heteroatoms. The smallest absolute Gasteiger partial charge is 0.416 e. The lowest BCUT2D eigenvalue weighted by atomic mass is 10.1. The van der Waals surface area contributed by atoms with Crippen molar-refractivity contribution in [1.82, 2.24) is 0 Å². The summed E-state index contributed by atoms with van der Waals surface area (Å²) < 4.78 is 75.3. The quantitative estimate of drug-likeness (QED) is 0.376. The number of anilines is 1. The van der Waals surface area contributed by atoms with Gasteiger partial charge in [-0.1, -0.05) is 23.2 Å². The number of carboxylic acid groups (broad SMARTS) is 1. The number of benzene rings is 2. The minimum Gasteiger partial charge on any atom is -0.478 e. The third-order valence-corrected chi connectivity index (χ3v) is 4.42. The van der Waals surface area contributed by atoms with Crippen LogP contribution in [0, 0.1) is 0 Å². The van der Waals surface area contributed by atoms with E-state index in [2.05, 4.69) is 0 Å². The van der Waals surface area contributed by atoms with Gasteiger partial charge in [-0.05, 0) is 24.3 Å². The average Bonchev–Trinajstić information content (AvgIpc) is 2.62. The zero-order chi connectivity index (χ0) is 22.4. The fourth-order valence-corrected chi connectivity index (χ4v) is 3.13. The molecule has 30 heavy (non-hydrogen) atoms. The summed E-state index contributed by atoms with van der Waals surface area (Å²) in [5, 5.41) is 8.06. The lowest BCUT2D eigenvalue weighted by Crippen LogP contribution is -2.51. The summed E-state index contributed by atoms with van der Waals surface area (Å²) in [6.45, 7) is -3.35. The van der Waals surface area contributed by atoms with E-state index in [4.69, 9.17) is 37.8 Å². The molecule has 0 saturated heterocycles. The maximum absolute atomic E-state index is 13.3. The predicted octanol–water partition coefficient (Wildman–Crippen LogP) is 5.21. The van der Waals surface area contributed by atoms with Crippen molar-refractivity contribution in [3.05, 3.63) is 45.9 Å². The predicted molar refractivity (Wildman–Crippen MR) is 93.5 cm³/mol. The highest BCUT2D eigenvalue weighted by Gasteiger charge is 2.43. The Morgan fingerprint density at radius 3 is 2.27 bits per heavy atom. The Morgan fingerprint density at radius 1 is 1.17 bits per heavy atom. The van der Waals surface area contributed by atoms with Crippen LogP contribution in [0.15, 0.2) is 30.3 Å². The molecule has 1 aliphatic rings. The first kappa shape index (κ1) is 21.9. The molecule has 6 nitrogen and oxygen atoms in total. The van der Waals surface area contributed by atoms with E-state index < -0.39 is 57.8 Å². The highest BCUT2D eigenvalue weighted by Crippen LogP contribution is 2.44. The minimum atomic E-state index is -4.71. The van der Waals surface area contributed by atoms with Crippen LogP contribution in [0.4, 0.5) is 27.6 Å². The molecule has 1 aliphatic heterocycles. The molecule has 0 aromatic heterocycles. The van der Waals surface area contributed by atoms with Gasteiger partial charge >= 0.3 is 18.7 Å². The topological polar surface area (TPSA) is 76.1 Å². The van der Waals surface area contributed by atoms with E-state index in [0.717, 1.165) is 18.2 Å². The van der Waals surface area contributed by atoms with Crippen LogP contribution in [0.25, 0.3) is 0 Å². The Bertz CT molecular complexity index is 1010. The van der Waals surface area contributed by atoms with Crippen LogP contribution in [-0.4, -0.2) is 29.6 Å². The number of rotatable bonds is 4. The van der Waals surface area contributed by atoms with E-state index in [9.17, 15) is 31.5 Å². The summed E-state index contributed by atoms with van der Waals surface area (Å²) in [6.07, 6.45) is -6.93. The molecule has 2 aromatic carbocycles. The normalized spacial score (nSPS) is 16.3. The molecule has 0 saturated carbocycles. The van der Waals surface area contributed by atoms with E-state index in [1.165, 1.54) is 0 Å². The average molecular weight is 472 g/mol. The number of hydrogen-bond acceptors (Lipinski definition) is 4. The Balaban J connectivity index is 1.99.